The Morgan fingerprint density at radius 3 is 2.65 bits per heavy atom. The molecule has 0 saturated carbocycles. The molecular weight excluding hydrogens is 428 g/mol. The average Bonchev–Trinajstić information content (AvgIpc) is 3.42. The molecule has 0 unspecified atom stereocenters. The number of nitrogens with one attached hydrogen (secondary N) is 2. The van der Waals surface area contributed by atoms with Crippen LogP contribution >= 0.6 is 0 Å². The number of aromatic amines is 1. The molecule has 9 heteroatoms. The van der Waals surface area contributed by atoms with Gasteiger partial charge in [-0.25, -0.2) is 9.97 Å². The Bertz CT molecular complexity index is 1590. The van der Waals surface area contributed by atoms with E-state index in [0.29, 0.717) is 28.3 Å². The first-order valence-corrected chi connectivity index (χ1v) is 10.6. The summed E-state index contributed by atoms with van der Waals surface area (Å²) in [5, 5.41) is 19.7. The van der Waals surface area contributed by atoms with Crippen molar-refractivity contribution in [1.29, 1.82) is 5.26 Å². The fraction of sp³-hybridized carbons (Fsp3) is 0.120. The summed E-state index contributed by atoms with van der Waals surface area (Å²) in [6, 6.07) is 15.3. The minimum Gasteiger partial charge on any atom is -0.354 e. The zero-order valence-corrected chi connectivity index (χ0v) is 18.8. The summed E-state index contributed by atoms with van der Waals surface area (Å²) >= 11 is 0. The van der Waals surface area contributed by atoms with Crippen LogP contribution in [0.3, 0.4) is 0 Å². The van der Waals surface area contributed by atoms with Crippen LogP contribution in [0.5, 0.6) is 0 Å². The first kappa shape index (κ1) is 21.0. The molecule has 5 aromatic rings. The van der Waals surface area contributed by atoms with Crippen LogP contribution in [0.1, 0.15) is 34.4 Å². The van der Waals surface area contributed by atoms with Crippen molar-refractivity contribution in [3.63, 3.8) is 0 Å². The largest absolute Gasteiger partial charge is 0.354 e. The van der Waals surface area contributed by atoms with Gasteiger partial charge in [-0.3, -0.25) is 19.4 Å². The second-order valence-electron chi connectivity index (χ2n) is 7.94. The predicted molar refractivity (Wildman–Crippen MR) is 128 cm³/mol. The van der Waals surface area contributed by atoms with E-state index in [9.17, 15) is 10.1 Å². The Labute approximate surface area is 195 Å². The van der Waals surface area contributed by atoms with E-state index in [0.717, 1.165) is 28.1 Å². The Kier molecular flexibility index (Phi) is 5.11. The van der Waals surface area contributed by atoms with Gasteiger partial charge in [0, 0.05) is 22.6 Å². The standard InChI is InChI=1S/C25H20N8O/c1-14-4-5-18(12-27-14)29-17-6-8-22-20(10-17)28-13-33(22)23-9-7-19(16(3)34)25(30-23)24-15(2)31-32-21(24)11-26/h4-10,12-13,29H,1-3H3,(H,31,32). The minimum absolute atomic E-state index is 0.143. The van der Waals surface area contributed by atoms with Crippen molar-refractivity contribution in [2.24, 2.45) is 0 Å². The summed E-state index contributed by atoms with van der Waals surface area (Å²) in [5.74, 6) is 0.436. The number of carbonyl (C=O) groups is 1. The summed E-state index contributed by atoms with van der Waals surface area (Å²) in [5.41, 5.74) is 6.59. The summed E-state index contributed by atoms with van der Waals surface area (Å²) in [6.45, 7) is 5.22. The van der Waals surface area contributed by atoms with E-state index < -0.39 is 0 Å². The third-order valence-corrected chi connectivity index (χ3v) is 5.54. The first-order chi connectivity index (χ1) is 16.4. The second-order valence-corrected chi connectivity index (χ2v) is 7.94. The van der Waals surface area contributed by atoms with Gasteiger partial charge in [0.15, 0.2) is 11.5 Å². The quantitative estimate of drug-likeness (QED) is 0.375. The van der Waals surface area contributed by atoms with Gasteiger partial charge in [0.05, 0.1) is 34.2 Å². The van der Waals surface area contributed by atoms with Gasteiger partial charge in [-0.2, -0.15) is 10.4 Å². The van der Waals surface area contributed by atoms with Crippen molar-refractivity contribution in [1.82, 2.24) is 29.7 Å². The number of aromatic nitrogens is 6. The fourth-order valence-corrected chi connectivity index (χ4v) is 3.84. The number of rotatable bonds is 5. The molecule has 4 aromatic heterocycles. The lowest BCUT2D eigenvalue weighted by molar-refractivity contribution is 0.101. The smallest absolute Gasteiger partial charge is 0.171 e. The summed E-state index contributed by atoms with van der Waals surface area (Å²) in [7, 11) is 0. The second kappa shape index (κ2) is 8.26. The molecule has 0 amide bonds. The van der Waals surface area contributed by atoms with Crippen molar-refractivity contribution in [2.75, 3.05) is 5.32 Å². The Morgan fingerprint density at radius 2 is 1.91 bits per heavy atom. The lowest BCUT2D eigenvalue weighted by Crippen LogP contribution is -2.04. The van der Waals surface area contributed by atoms with E-state index >= 15 is 0 Å². The van der Waals surface area contributed by atoms with Gasteiger partial charge in [-0.05, 0) is 63.2 Å². The number of ketones is 1. The average molecular weight is 448 g/mol. The number of hydrogen-bond acceptors (Lipinski definition) is 7. The monoisotopic (exact) mass is 448 g/mol. The number of aryl methyl sites for hydroxylation is 2. The van der Waals surface area contributed by atoms with E-state index in [2.05, 4.69) is 31.6 Å². The SMILES string of the molecule is CC(=O)c1ccc(-n2cnc3cc(Nc4ccc(C)nc4)ccc32)nc1-c1c(C#N)n[nH]c1C. The zero-order chi connectivity index (χ0) is 23.8. The number of hydrogen-bond donors (Lipinski definition) is 2. The number of benzene rings is 1. The summed E-state index contributed by atoms with van der Waals surface area (Å²) in [6.07, 6.45) is 3.47. The molecule has 0 saturated heterocycles. The lowest BCUT2D eigenvalue weighted by Gasteiger charge is -2.11. The van der Waals surface area contributed by atoms with Gasteiger partial charge in [-0.1, -0.05) is 0 Å². The Balaban J connectivity index is 1.57. The highest BCUT2D eigenvalue weighted by atomic mass is 16.1. The maximum atomic E-state index is 12.3. The number of nitrogens with zero attached hydrogens (tertiary/aromatic N) is 6. The van der Waals surface area contributed by atoms with Crippen molar-refractivity contribution >= 4 is 28.2 Å². The molecule has 0 bridgehead atoms. The number of fused-ring (bicyclic) bond motifs is 1. The number of imidazole rings is 1. The molecule has 0 spiro atoms. The molecule has 166 valence electrons. The molecule has 4 heterocycles. The molecular formula is C25H20N8O. The van der Waals surface area contributed by atoms with E-state index in [1.54, 1.807) is 31.6 Å². The number of Topliss-reactive ketones (excluding diaryl/α,β-unsaturated/α-hetero) is 1. The van der Waals surface area contributed by atoms with Crippen LogP contribution in [-0.4, -0.2) is 35.5 Å². The van der Waals surface area contributed by atoms with Crippen molar-refractivity contribution < 1.29 is 4.79 Å². The summed E-state index contributed by atoms with van der Waals surface area (Å²) in [4.78, 5) is 25.9. The van der Waals surface area contributed by atoms with Gasteiger partial charge in [0.1, 0.15) is 18.2 Å². The molecule has 0 aliphatic carbocycles. The normalized spacial score (nSPS) is 10.9. The molecule has 1 aromatic carbocycles. The van der Waals surface area contributed by atoms with Gasteiger partial charge in [0.2, 0.25) is 0 Å². The van der Waals surface area contributed by atoms with Gasteiger partial charge < -0.3 is 5.32 Å². The highest BCUT2D eigenvalue weighted by Gasteiger charge is 2.21. The van der Waals surface area contributed by atoms with Crippen LogP contribution in [0.15, 0.2) is 55.0 Å². The molecule has 0 radical (unpaired) electrons. The number of H-pyrrole nitrogens is 1. The number of nitriles is 1. The van der Waals surface area contributed by atoms with E-state index in [4.69, 9.17) is 4.98 Å². The first-order valence-electron chi connectivity index (χ1n) is 10.6. The van der Waals surface area contributed by atoms with Crippen LogP contribution in [0, 0.1) is 25.2 Å². The molecule has 0 aliphatic rings. The molecule has 34 heavy (non-hydrogen) atoms. The molecule has 5 rings (SSSR count). The zero-order valence-electron chi connectivity index (χ0n) is 18.8. The molecule has 0 aliphatic heterocycles. The number of pyridine rings is 2. The number of anilines is 2. The van der Waals surface area contributed by atoms with Crippen molar-refractivity contribution in [3.8, 4) is 23.1 Å². The third-order valence-electron chi connectivity index (χ3n) is 5.54. The molecule has 2 N–H and O–H groups in total. The molecule has 9 nitrogen and oxygen atoms in total. The maximum absolute atomic E-state index is 12.3. The van der Waals surface area contributed by atoms with Crippen molar-refractivity contribution in [3.05, 3.63) is 77.6 Å². The number of carbonyl (C=O) groups excluding carboxylic acids is 1. The molecule has 0 atom stereocenters. The van der Waals surface area contributed by atoms with Crippen LogP contribution < -0.4 is 5.32 Å². The van der Waals surface area contributed by atoms with Crippen molar-refractivity contribution in [2.45, 2.75) is 20.8 Å². The summed E-state index contributed by atoms with van der Waals surface area (Å²) < 4.78 is 1.85. The van der Waals surface area contributed by atoms with Crippen LogP contribution in [0.4, 0.5) is 11.4 Å². The van der Waals surface area contributed by atoms with Gasteiger partial charge >= 0.3 is 0 Å². The molecule has 0 fully saturated rings. The van der Waals surface area contributed by atoms with Crippen LogP contribution in [0.25, 0.3) is 28.1 Å². The Morgan fingerprint density at radius 1 is 1.09 bits per heavy atom. The maximum Gasteiger partial charge on any atom is 0.171 e. The van der Waals surface area contributed by atoms with E-state index in [1.165, 1.54) is 6.92 Å². The predicted octanol–water partition coefficient (Wildman–Crippen LogP) is 4.64. The Hall–Kier alpha value is -4.84. The minimum atomic E-state index is -0.143. The fourth-order valence-electron chi connectivity index (χ4n) is 3.84. The van der Waals surface area contributed by atoms with Gasteiger partial charge in [-0.15, -0.1) is 0 Å². The highest BCUT2D eigenvalue weighted by Crippen LogP contribution is 2.30. The lowest BCUT2D eigenvalue weighted by atomic mass is 10.0. The third kappa shape index (κ3) is 3.67. The van der Waals surface area contributed by atoms with Gasteiger partial charge in [0.25, 0.3) is 0 Å². The topological polar surface area (TPSA) is 125 Å². The van der Waals surface area contributed by atoms with Crippen LogP contribution in [0.2, 0.25) is 0 Å². The highest BCUT2D eigenvalue weighted by molar-refractivity contribution is 6.00. The van der Waals surface area contributed by atoms with Crippen LogP contribution in [-0.2, 0) is 0 Å². The van der Waals surface area contributed by atoms with E-state index in [1.807, 2.05) is 41.8 Å². The van der Waals surface area contributed by atoms with E-state index in [-0.39, 0.29) is 11.5 Å².